The molecule has 0 atom stereocenters. The SMILES string of the molecule is CC(C)c1cccc2c(=O)[nH]cnc12.Cc1cccc2c1OCCOC2. The lowest BCUT2D eigenvalue weighted by atomic mass is 10.0. The van der Waals surface area contributed by atoms with Crippen LogP contribution in [0.2, 0.25) is 0 Å². The molecule has 0 aliphatic carbocycles. The Morgan fingerprint density at radius 1 is 1.12 bits per heavy atom. The van der Waals surface area contributed by atoms with Crippen molar-refractivity contribution in [3.8, 4) is 5.75 Å². The minimum atomic E-state index is -0.0718. The largest absolute Gasteiger partial charge is 0.491 e. The van der Waals surface area contributed by atoms with E-state index < -0.39 is 0 Å². The van der Waals surface area contributed by atoms with E-state index in [1.165, 1.54) is 11.9 Å². The van der Waals surface area contributed by atoms with E-state index in [9.17, 15) is 4.79 Å². The lowest BCUT2D eigenvalue weighted by molar-refractivity contribution is 0.107. The van der Waals surface area contributed by atoms with Gasteiger partial charge < -0.3 is 14.5 Å². The molecule has 136 valence electrons. The van der Waals surface area contributed by atoms with Crippen LogP contribution in [0.1, 0.15) is 36.5 Å². The Morgan fingerprint density at radius 3 is 2.73 bits per heavy atom. The zero-order chi connectivity index (χ0) is 18.5. The summed E-state index contributed by atoms with van der Waals surface area (Å²) in [5.74, 6) is 1.39. The fourth-order valence-electron chi connectivity index (χ4n) is 3.01. The van der Waals surface area contributed by atoms with Crippen molar-refractivity contribution in [2.75, 3.05) is 13.2 Å². The summed E-state index contributed by atoms with van der Waals surface area (Å²) in [5.41, 5.74) is 4.21. The van der Waals surface area contributed by atoms with Crippen molar-refractivity contribution in [1.82, 2.24) is 9.97 Å². The number of aryl methyl sites for hydroxylation is 1. The highest BCUT2D eigenvalue weighted by molar-refractivity contribution is 5.81. The Bertz CT molecular complexity index is 947. The van der Waals surface area contributed by atoms with Crippen LogP contribution in [0.25, 0.3) is 10.9 Å². The zero-order valence-corrected chi connectivity index (χ0v) is 15.4. The van der Waals surface area contributed by atoms with Crippen molar-refractivity contribution in [1.29, 1.82) is 0 Å². The number of aromatic amines is 1. The van der Waals surface area contributed by atoms with Crippen LogP contribution in [0.15, 0.2) is 47.5 Å². The van der Waals surface area contributed by atoms with Crippen LogP contribution in [0, 0.1) is 6.92 Å². The van der Waals surface area contributed by atoms with Gasteiger partial charge in [0.2, 0.25) is 0 Å². The number of hydrogen-bond acceptors (Lipinski definition) is 4. The summed E-state index contributed by atoms with van der Waals surface area (Å²) in [4.78, 5) is 18.2. The van der Waals surface area contributed by atoms with Gasteiger partial charge in [0.05, 0.1) is 30.4 Å². The van der Waals surface area contributed by atoms with E-state index in [2.05, 4.69) is 36.8 Å². The molecule has 0 saturated carbocycles. The minimum absolute atomic E-state index is 0.0718. The molecule has 1 N–H and O–H groups in total. The molecule has 5 heteroatoms. The second-order valence-electron chi connectivity index (χ2n) is 6.59. The molecule has 0 saturated heterocycles. The lowest BCUT2D eigenvalue weighted by Gasteiger charge is -2.07. The van der Waals surface area contributed by atoms with Gasteiger partial charge in [-0.15, -0.1) is 0 Å². The van der Waals surface area contributed by atoms with Gasteiger partial charge in [-0.25, -0.2) is 4.98 Å². The molecule has 2 heterocycles. The summed E-state index contributed by atoms with van der Waals surface area (Å²) < 4.78 is 10.9. The quantitative estimate of drug-likeness (QED) is 0.720. The highest BCUT2D eigenvalue weighted by atomic mass is 16.5. The highest BCUT2D eigenvalue weighted by Gasteiger charge is 2.10. The number of ether oxygens (including phenoxy) is 2. The Balaban J connectivity index is 0.000000152. The van der Waals surface area contributed by atoms with Crippen molar-refractivity contribution in [2.45, 2.75) is 33.3 Å². The lowest BCUT2D eigenvalue weighted by Crippen LogP contribution is -2.07. The fourth-order valence-corrected chi connectivity index (χ4v) is 3.01. The maximum Gasteiger partial charge on any atom is 0.258 e. The summed E-state index contributed by atoms with van der Waals surface area (Å²) >= 11 is 0. The van der Waals surface area contributed by atoms with E-state index in [1.54, 1.807) is 6.07 Å². The molecule has 0 radical (unpaired) electrons. The van der Waals surface area contributed by atoms with Crippen molar-refractivity contribution < 1.29 is 9.47 Å². The standard InChI is InChI=1S/C11H12N2O.C10H12O2/c1-7(2)8-4-3-5-9-10(8)12-6-13-11(9)14;1-8-3-2-4-9-7-11-5-6-12-10(8)9/h3-7H,1-2H3,(H,12,13,14);2-4H,5-7H2,1H3. The van der Waals surface area contributed by atoms with Gasteiger partial charge in [-0.1, -0.05) is 44.2 Å². The summed E-state index contributed by atoms with van der Waals surface area (Å²) in [7, 11) is 0. The molecule has 0 fully saturated rings. The smallest absolute Gasteiger partial charge is 0.258 e. The first-order valence-electron chi connectivity index (χ1n) is 8.83. The van der Waals surface area contributed by atoms with Gasteiger partial charge in [-0.2, -0.15) is 0 Å². The van der Waals surface area contributed by atoms with E-state index in [-0.39, 0.29) is 5.56 Å². The average molecular weight is 352 g/mol. The number of benzene rings is 2. The number of nitrogens with one attached hydrogen (secondary N) is 1. The van der Waals surface area contributed by atoms with Crippen LogP contribution >= 0.6 is 0 Å². The van der Waals surface area contributed by atoms with E-state index in [4.69, 9.17) is 9.47 Å². The summed E-state index contributed by atoms with van der Waals surface area (Å²) in [6.07, 6.45) is 1.45. The number of rotatable bonds is 1. The van der Waals surface area contributed by atoms with Gasteiger partial charge in [0.1, 0.15) is 12.4 Å². The van der Waals surface area contributed by atoms with Crippen LogP contribution in [0.4, 0.5) is 0 Å². The zero-order valence-electron chi connectivity index (χ0n) is 15.4. The first-order valence-corrected chi connectivity index (χ1v) is 8.83. The predicted molar refractivity (Wildman–Crippen MR) is 103 cm³/mol. The number of fused-ring (bicyclic) bond motifs is 2. The average Bonchev–Trinajstić information content (AvgIpc) is 2.89. The molecule has 26 heavy (non-hydrogen) atoms. The van der Waals surface area contributed by atoms with E-state index >= 15 is 0 Å². The van der Waals surface area contributed by atoms with Crippen LogP contribution < -0.4 is 10.3 Å². The summed E-state index contributed by atoms with van der Waals surface area (Å²) in [5, 5.41) is 0.665. The van der Waals surface area contributed by atoms with Gasteiger partial charge >= 0.3 is 0 Å². The molecule has 2 aromatic carbocycles. The van der Waals surface area contributed by atoms with Crippen LogP contribution in [0.5, 0.6) is 5.75 Å². The van der Waals surface area contributed by atoms with Gasteiger partial charge in [-0.05, 0) is 30.0 Å². The van der Waals surface area contributed by atoms with Gasteiger partial charge in [0, 0.05) is 5.56 Å². The number of H-pyrrole nitrogens is 1. The molecule has 3 aromatic rings. The third kappa shape index (κ3) is 3.94. The van der Waals surface area contributed by atoms with Crippen LogP contribution in [-0.4, -0.2) is 23.2 Å². The third-order valence-electron chi connectivity index (χ3n) is 4.35. The number of hydrogen-bond donors (Lipinski definition) is 1. The second-order valence-corrected chi connectivity index (χ2v) is 6.59. The predicted octanol–water partition coefficient (Wildman–Crippen LogP) is 3.95. The highest BCUT2D eigenvalue weighted by Crippen LogP contribution is 2.25. The summed E-state index contributed by atoms with van der Waals surface area (Å²) in [6.45, 7) is 8.28. The van der Waals surface area contributed by atoms with Crippen molar-refractivity contribution >= 4 is 10.9 Å². The molecule has 0 spiro atoms. The van der Waals surface area contributed by atoms with Crippen molar-refractivity contribution in [3.63, 3.8) is 0 Å². The van der Waals surface area contributed by atoms with Crippen molar-refractivity contribution in [2.24, 2.45) is 0 Å². The molecular weight excluding hydrogens is 328 g/mol. The van der Waals surface area contributed by atoms with Gasteiger partial charge in [0.15, 0.2) is 0 Å². The molecule has 4 rings (SSSR count). The number of para-hydroxylation sites is 2. The number of nitrogens with zero attached hydrogens (tertiary/aromatic N) is 1. The normalized spacial score (nSPS) is 13.4. The number of aromatic nitrogens is 2. The molecular formula is C21H24N2O3. The maximum atomic E-state index is 11.5. The Kier molecular flexibility index (Phi) is 5.68. The Labute approximate surface area is 153 Å². The van der Waals surface area contributed by atoms with E-state index in [0.29, 0.717) is 31.1 Å². The Morgan fingerprint density at radius 2 is 1.92 bits per heavy atom. The van der Waals surface area contributed by atoms with E-state index in [0.717, 1.165) is 22.4 Å². The first-order chi connectivity index (χ1) is 12.6. The first kappa shape index (κ1) is 18.1. The third-order valence-corrected chi connectivity index (χ3v) is 4.35. The minimum Gasteiger partial charge on any atom is -0.491 e. The van der Waals surface area contributed by atoms with Crippen LogP contribution in [-0.2, 0) is 11.3 Å². The molecule has 1 aliphatic heterocycles. The molecule has 0 bridgehead atoms. The molecule has 1 aliphatic rings. The van der Waals surface area contributed by atoms with Crippen LogP contribution in [0.3, 0.4) is 0 Å². The molecule has 1 aromatic heterocycles. The second kappa shape index (κ2) is 8.15. The molecule has 5 nitrogen and oxygen atoms in total. The molecule has 0 amide bonds. The fraction of sp³-hybridized carbons (Fsp3) is 0.333. The Hall–Kier alpha value is -2.66. The monoisotopic (exact) mass is 352 g/mol. The maximum absolute atomic E-state index is 11.5. The van der Waals surface area contributed by atoms with Crippen molar-refractivity contribution in [3.05, 3.63) is 69.8 Å². The summed E-state index contributed by atoms with van der Waals surface area (Å²) in [6, 6.07) is 11.9. The van der Waals surface area contributed by atoms with Gasteiger partial charge in [0.25, 0.3) is 5.56 Å². The van der Waals surface area contributed by atoms with E-state index in [1.807, 2.05) is 24.3 Å². The van der Waals surface area contributed by atoms with Gasteiger partial charge in [-0.3, -0.25) is 4.79 Å². The molecule has 0 unspecified atom stereocenters. The topological polar surface area (TPSA) is 64.2 Å².